The Labute approximate surface area is 184 Å². The van der Waals surface area contributed by atoms with Crippen LogP contribution in [0.15, 0.2) is 84.1 Å². The van der Waals surface area contributed by atoms with Gasteiger partial charge in [0, 0.05) is 30.5 Å². The summed E-state index contributed by atoms with van der Waals surface area (Å²) in [4.78, 5) is 29.8. The molecular formula is C26H21FN2O3. The number of oxime groups is 1. The number of ketones is 1. The highest BCUT2D eigenvalue weighted by Crippen LogP contribution is 2.27. The fourth-order valence-electron chi connectivity index (χ4n) is 3.62. The van der Waals surface area contributed by atoms with Gasteiger partial charge in [-0.15, -0.1) is 0 Å². The van der Waals surface area contributed by atoms with E-state index in [9.17, 15) is 14.0 Å². The van der Waals surface area contributed by atoms with Gasteiger partial charge < -0.3 is 9.40 Å². The maximum absolute atomic E-state index is 14.5. The number of aromatic nitrogens is 1. The number of rotatable bonds is 6. The minimum absolute atomic E-state index is 0.0888. The van der Waals surface area contributed by atoms with Gasteiger partial charge in [0.25, 0.3) is 0 Å². The Balaban J connectivity index is 1.83. The van der Waals surface area contributed by atoms with Crippen LogP contribution in [0.5, 0.6) is 0 Å². The van der Waals surface area contributed by atoms with Gasteiger partial charge in [0.1, 0.15) is 11.5 Å². The lowest BCUT2D eigenvalue weighted by Crippen LogP contribution is -2.19. The lowest BCUT2D eigenvalue weighted by atomic mass is 9.98. The summed E-state index contributed by atoms with van der Waals surface area (Å²) in [6.45, 7) is 3.16. The van der Waals surface area contributed by atoms with Gasteiger partial charge in [-0.05, 0) is 36.2 Å². The Morgan fingerprint density at radius 3 is 2.41 bits per heavy atom. The molecule has 0 saturated carbocycles. The molecule has 32 heavy (non-hydrogen) atoms. The normalized spacial score (nSPS) is 11.5. The molecule has 0 amide bonds. The van der Waals surface area contributed by atoms with Crippen molar-refractivity contribution in [1.82, 2.24) is 4.57 Å². The Morgan fingerprint density at radius 1 is 0.969 bits per heavy atom. The molecule has 1 heterocycles. The zero-order valence-corrected chi connectivity index (χ0v) is 17.7. The van der Waals surface area contributed by atoms with E-state index in [1.807, 2.05) is 49.4 Å². The highest BCUT2D eigenvalue weighted by atomic mass is 19.1. The number of aryl methyl sites for hydroxylation is 1. The largest absolute Gasteiger partial charge is 0.331 e. The first kappa shape index (κ1) is 21.2. The molecular weight excluding hydrogens is 407 g/mol. The van der Waals surface area contributed by atoms with Crippen LogP contribution in [0.2, 0.25) is 0 Å². The van der Waals surface area contributed by atoms with Crippen LogP contribution in [-0.2, 0) is 16.1 Å². The summed E-state index contributed by atoms with van der Waals surface area (Å²) >= 11 is 0. The van der Waals surface area contributed by atoms with Crippen molar-refractivity contribution in [1.29, 1.82) is 0 Å². The molecule has 6 heteroatoms. The van der Waals surface area contributed by atoms with E-state index in [-0.39, 0.29) is 17.9 Å². The summed E-state index contributed by atoms with van der Waals surface area (Å²) in [6, 6.07) is 21.3. The predicted octanol–water partition coefficient (Wildman–Crippen LogP) is 5.42. The van der Waals surface area contributed by atoms with Crippen LogP contribution in [0.4, 0.5) is 4.39 Å². The van der Waals surface area contributed by atoms with Gasteiger partial charge in [0.2, 0.25) is 5.78 Å². The zero-order valence-electron chi connectivity index (χ0n) is 17.7. The first-order chi connectivity index (χ1) is 15.5. The number of benzene rings is 3. The van der Waals surface area contributed by atoms with Crippen molar-refractivity contribution in [3.8, 4) is 5.69 Å². The number of carbonyl (C=O) groups excluding carboxylic acids is 2. The van der Waals surface area contributed by atoms with Gasteiger partial charge in [-0.3, -0.25) is 4.79 Å². The summed E-state index contributed by atoms with van der Waals surface area (Å²) in [6.07, 6.45) is 1.80. The molecule has 0 unspecified atom stereocenters. The standard InChI is InChI=1S/C26H21FN2O3/c1-17-9-3-4-10-19(17)15-23(28-32-18(2)30)26(31)21-16-29(24-13-7-5-11-20(21)24)25-14-8-6-12-22(25)27/h3-14,16H,15H2,1-2H3/b28-23+. The predicted molar refractivity (Wildman–Crippen MR) is 122 cm³/mol. The molecule has 0 radical (unpaired) electrons. The molecule has 0 bridgehead atoms. The molecule has 0 aliphatic rings. The maximum atomic E-state index is 14.5. The number of fused-ring (bicyclic) bond motifs is 1. The lowest BCUT2D eigenvalue weighted by Gasteiger charge is -2.08. The van der Waals surface area contributed by atoms with E-state index in [0.717, 1.165) is 11.1 Å². The maximum Gasteiger partial charge on any atom is 0.331 e. The molecule has 3 aromatic carbocycles. The minimum atomic E-state index is -0.617. The second-order valence-corrected chi connectivity index (χ2v) is 7.43. The number of para-hydroxylation sites is 2. The smallest absolute Gasteiger partial charge is 0.318 e. The van der Waals surface area contributed by atoms with E-state index in [1.54, 1.807) is 35.0 Å². The molecule has 0 fully saturated rings. The molecule has 1 aromatic heterocycles. The first-order valence-corrected chi connectivity index (χ1v) is 10.1. The van der Waals surface area contributed by atoms with Gasteiger partial charge in [-0.1, -0.05) is 59.8 Å². The lowest BCUT2D eigenvalue weighted by molar-refractivity contribution is -0.140. The summed E-state index contributed by atoms with van der Waals surface area (Å²) < 4.78 is 16.2. The fourth-order valence-corrected chi connectivity index (χ4v) is 3.62. The van der Waals surface area contributed by atoms with E-state index in [0.29, 0.717) is 22.2 Å². The number of hydrogen-bond acceptors (Lipinski definition) is 4. The van der Waals surface area contributed by atoms with Gasteiger partial charge in [0.05, 0.1) is 11.2 Å². The summed E-state index contributed by atoms with van der Waals surface area (Å²) in [5.74, 6) is -1.41. The molecule has 0 atom stereocenters. The topological polar surface area (TPSA) is 60.7 Å². The van der Waals surface area contributed by atoms with E-state index >= 15 is 0 Å². The van der Waals surface area contributed by atoms with E-state index in [4.69, 9.17) is 4.84 Å². The van der Waals surface area contributed by atoms with Crippen LogP contribution in [0.3, 0.4) is 0 Å². The summed E-state index contributed by atoms with van der Waals surface area (Å²) in [5, 5.41) is 4.53. The van der Waals surface area contributed by atoms with Crippen molar-refractivity contribution >= 4 is 28.4 Å². The molecule has 5 nitrogen and oxygen atoms in total. The molecule has 0 spiro atoms. The van der Waals surface area contributed by atoms with Crippen molar-refractivity contribution in [2.75, 3.05) is 0 Å². The van der Waals surface area contributed by atoms with Crippen LogP contribution < -0.4 is 0 Å². The van der Waals surface area contributed by atoms with Crippen LogP contribution in [0.1, 0.15) is 28.4 Å². The van der Waals surface area contributed by atoms with E-state index < -0.39 is 11.8 Å². The van der Waals surface area contributed by atoms with E-state index in [2.05, 4.69) is 5.16 Å². The highest BCUT2D eigenvalue weighted by molar-refractivity contribution is 6.48. The first-order valence-electron chi connectivity index (χ1n) is 10.1. The monoisotopic (exact) mass is 428 g/mol. The number of nitrogens with zero attached hydrogens (tertiary/aromatic N) is 2. The fraction of sp³-hybridized carbons (Fsp3) is 0.115. The van der Waals surface area contributed by atoms with Gasteiger partial charge in [-0.25, -0.2) is 9.18 Å². The number of Topliss-reactive ketones (excluding diaryl/α,β-unsaturated/α-hetero) is 1. The Kier molecular flexibility index (Phi) is 5.94. The average Bonchev–Trinajstić information content (AvgIpc) is 3.17. The highest BCUT2D eigenvalue weighted by Gasteiger charge is 2.23. The number of carbonyl (C=O) groups is 2. The quantitative estimate of drug-likeness (QED) is 0.178. The van der Waals surface area contributed by atoms with Gasteiger partial charge in [0.15, 0.2) is 0 Å². The second-order valence-electron chi connectivity index (χ2n) is 7.43. The SMILES string of the molecule is CC(=O)O/N=C(\Cc1ccccc1C)C(=O)c1cn(-c2ccccc2F)c2ccccc12. The van der Waals surface area contributed by atoms with E-state index in [1.165, 1.54) is 13.0 Å². The Bertz CT molecular complexity index is 1350. The number of hydrogen-bond donors (Lipinski definition) is 0. The van der Waals surface area contributed by atoms with Crippen LogP contribution in [0.25, 0.3) is 16.6 Å². The second kappa shape index (κ2) is 8.98. The van der Waals surface area contributed by atoms with Crippen molar-refractivity contribution in [2.45, 2.75) is 20.3 Å². The molecule has 0 N–H and O–H groups in total. The molecule has 160 valence electrons. The van der Waals surface area contributed by atoms with Crippen molar-refractivity contribution in [2.24, 2.45) is 5.16 Å². The van der Waals surface area contributed by atoms with Crippen LogP contribution in [-0.4, -0.2) is 22.0 Å². The van der Waals surface area contributed by atoms with Gasteiger partial charge >= 0.3 is 5.97 Å². The summed E-state index contributed by atoms with van der Waals surface area (Å²) in [7, 11) is 0. The molecule has 0 saturated heterocycles. The molecule has 0 aliphatic carbocycles. The third-order valence-corrected chi connectivity index (χ3v) is 5.23. The van der Waals surface area contributed by atoms with Crippen molar-refractivity contribution in [3.63, 3.8) is 0 Å². The number of halogens is 1. The Hall–Kier alpha value is -4.06. The molecule has 4 aromatic rings. The third kappa shape index (κ3) is 4.21. The van der Waals surface area contributed by atoms with Crippen LogP contribution >= 0.6 is 0 Å². The molecule has 4 rings (SSSR count). The van der Waals surface area contributed by atoms with Crippen molar-refractivity contribution < 1.29 is 18.8 Å². The van der Waals surface area contributed by atoms with Gasteiger partial charge in [-0.2, -0.15) is 0 Å². The van der Waals surface area contributed by atoms with Crippen molar-refractivity contribution in [3.05, 3.63) is 102 Å². The van der Waals surface area contributed by atoms with Crippen LogP contribution in [0, 0.1) is 12.7 Å². The average molecular weight is 428 g/mol. The summed E-state index contributed by atoms with van der Waals surface area (Å²) in [5.41, 5.74) is 3.34. The third-order valence-electron chi connectivity index (χ3n) is 5.23. The molecule has 0 aliphatic heterocycles. The Morgan fingerprint density at radius 2 is 1.66 bits per heavy atom. The zero-order chi connectivity index (χ0) is 22.7. The minimum Gasteiger partial charge on any atom is -0.318 e.